The third-order valence-electron chi connectivity index (χ3n) is 3.50. The minimum absolute atomic E-state index is 0.253. The van der Waals surface area contributed by atoms with Crippen LogP contribution in [0.15, 0.2) is 30.3 Å². The van der Waals surface area contributed by atoms with Crippen LogP contribution in [0.2, 0.25) is 0 Å². The van der Waals surface area contributed by atoms with E-state index >= 15 is 0 Å². The van der Waals surface area contributed by atoms with E-state index in [0.717, 1.165) is 16.7 Å². The molecule has 7 nitrogen and oxygen atoms in total. The molecule has 0 aliphatic rings. The average molecular weight is 297 g/mol. The van der Waals surface area contributed by atoms with Gasteiger partial charge in [-0.25, -0.2) is 4.98 Å². The first-order valence-corrected chi connectivity index (χ1v) is 7.03. The van der Waals surface area contributed by atoms with Gasteiger partial charge in [0.25, 0.3) is 0 Å². The van der Waals surface area contributed by atoms with Crippen molar-refractivity contribution in [2.24, 2.45) is 11.5 Å². The van der Waals surface area contributed by atoms with Crippen molar-refractivity contribution in [1.82, 2.24) is 19.7 Å². The number of nitrogen functional groups attached to an aromatic ring is 1. The normalized spacial score (nSPS) is 12.9. The van der Waals surface area contributed by atoms with Gasteiger partial charge in [0, 0.05) is 6.07 Å². The maximum atomic E-state index is 6.13. The van der Waals surface area contributed by atoms with Crippen molar-refractivity contribution < 1.29 is 0 Å². The minimum atomic E-state index is 0.253. The molecule has 3 aromatic rings. The molecule has 0 aliphatic heterocycles. The Kier molecular flexibility index (Phi) is 3.25. The van der Waals surface area contributed by atoms with E-state index < -0.39 is 0 Å². The highest BCUT2D eigenvalue weighted by molar-refractivity contribution is 5.83. The first-order chi connectivity index (χ1) is 10.5. The van der Waals surface area contributed by atoms with Crippen LogP contribution in [0.25, 0.3) is 22.6 Å². The van der Waals surface area contributed by atoms with Crippen LogP contribution in [0.3, 0.4) is 0 Å². The molecule has 2 aromatic heterocycles. The lowest BCUT2D eigenvalue weighted by Crippen LogP contribution is -2.17. The Labute approximate surface area is 127 Å². The van der Waals surface area contributed by atoms with E-state index in [9.17, 15) is 0 Å². The van der Waals surface area contributed by atoms with Gasteiger partial charge in [-0.2, -0.15) is 9.78 Å². The lowest BCUT2D eigenvalue weighted by atomic mass is 10.1. The topological polar surface area (TPSA) is 125 Å². The molecule has 7 N–H and O–H groups in total. The van der Waals surface area contributed by atoms with Gasteiger partial charge < -0.3 is 22.2 Å². The molecule has 3 rings (SSSR count). The molecule has 0 saturated heterocycles. The van der Waals surface area contributed by atoms with E-state index in [1.807, 2.05) is 38.1 Å². The van der Waals surface area contributed by atoms with Crippen LogP contribution in [0.5, 0.6) is 0 Å². The Morgan fingerprint density at radius 3 is 2.59 bits per heavy atom. The summed E-state index contributed by atoms with van der Waals surface area (Å²) in [7, 11) is 0. The number of H-pyrrole nitrogens is 1. The second kappa shape index (κ2) is 5.10. The summed E-state index contributed by atoms with van der Waals surface area (Å²) in [5.74, 6) is 1.45. The van der Waals surface area contributed by atoms with Crippen molar-refractivity contribution in [2.45, 2.75) is 19.8 Å². The van der Waals surface area contributed by atoms with E-state index in [4.69, 9.17) is 17.2 Å². The number of hydrogen-bond acceptors (Lipinski definition) is 5. The van der Waals surface area contributed by atoms with Gasteiger partial charge in [-0.05, 0) is 18.1 Å². The van der Waals surface area contributed by atoms with Crippen LogP contribution in [-0.4, -0.2) is 19.7 Å². The predicted octanol–water partition coefficient (Wildman–Crippen LogP) is 1.67. The summed E-state index contributed by atoms with van der Waals surface area (Å²) in [6, 6.07) is 9.46. The van der Waals surface area contributed by atoms with Crippen molar-refractivity contribution in [3.63, 3.8) is 0 Å². The maximum absolute atomic E-state index is 6.13. The summed E-state index contributed by atoms with van der Waals surface area (Å²) in [4.78, 5) is 7.57. The second-order valence-corrected chi connectivity index (χ2v) is 5.46. The number of fused-ring (bicyclic) bond motifs is 1. The number of rotatable bonds is 3. The van der Waals surface area contributed by atoms with Crippen LogP contribution >= 0.6 is 0 Å². The molecule has 0 fully saturated rings. The second-order valence-electron chi connectivity index (χ2n) is 5.46. The molecule has 0 amide bonds. The number of hydrogen-bond donors (Lipinski definition) is 4. The highest BCUT2D eigenvalue weighted by atomic mass is 15.4. The zero-order valence-corrected chi connectivity index (χ0v) is 12.5. The number of anilines is 1. The number of nitrogens with one attached hydrogen (secondary N) is 1. The van der Waals surface area contributed by atoms with E-state index in [1.165, 1.54) is 4.68 Å². The first-order valence-electron chi connectivity index (χ1n) is 7.03. The van der Waals surface area contributed by atoms with E-state index in [0.29, 0.717) is 17.3 Å². The smallest absolute Gasteiger partial charge is 0.158 e. The van der Waals surface area contributed by atoms with E-state index in [1.54, 1.807) is 6.07 Å². The van der Waals surface area contributed by atoms with Gasteiger partial charge in [-0.15, -0.1) is 0 Å². The van der Waals surface area contributed by atoms with Crippen molar-refractivity contribution in [2.75, 3.05) is 5.73 Å². The summed E-state index contributed by atoms with van der Waals surface area (Å²) in [5, 5.41) is 4.40. The maximum Gasteiger partial charge on any atom is 0.158 e. The van der Waals surface area contributed by atoms with Crippen LogP contribution < -0.4 is 17.2 Å². The zero-order valence-electron chi connectivity index (χ0n) is 12.5. The molecule has 0 aliphatic carbocycles. The van der Waals surface area contributed by atoms with Gasteiger partial charge in [-0.1, -0.05) is 26.0 Å². The Hall–Kier alpha value is -2.96. The lowest BCUT2D eigenvalue weighted by molar-refractivity contribution is 0.774. The number of aromatic amines is 1. The summed E-state index contributed by atoms with van der Waals surface area (Å²) in [6.07, 6.45) is 0. The van der Waals surface area contributed by atoms with Gasteiger partial charge in [0.1, 0.15) is 11.5 Å². The Bertz CT molecular complexity index is 821. The van der Waals surface area contributed by atoms with E-state index in [2.05, 4.69) is 15.1 Å². The molecule has 0 unspecified atom stereocenters. The van der Waals surface area contributed by atoms with Gasteiger partial charge in [0.05, 0.1) is 16.7 Å². The van der Waals surface area contributed by atoms with Crippen molar-refractivity contribution in [3.8, 4) is 0 Å². The quantitative estimate of drug-likeness (QED) is 0.585. The van der Waals surface area contributed by atoms with Gasteiger partial charge in [-0.3, -0.25) is 0 Å². The first kappa shape index (κ1) is 14.0. The van der Waals surface area contributed by atoms with Crippen LogP contribution in [0.4, 0.5) is 5.82 Å². The highest BCUT2D eigenvalue weighted by Gasteiger charge is 2.14. The molecule has 0 saturated carbocycles. The highest BCUT2D eigenvalue weighted by Crippen LogP contribution is 2.21. The third kappa shape index (κ3) is 2.26. The minimum Gasteiger partial charge on any atom is -0.393 e. The van der Waals surface area contributed by atoms with E-state index in [-0.39, 0.29) is 11.7 Å². The molecule has 0 atom stereocenters. The fourth-order valence-corrected chi connectivity index (χ4v) is 2.21. The van der Waals surface area contributed by atoms with Crippen molar-refractivity contribution in [3.05, 3.63) is 41.9 Å². The van der Waals surface area contributed by atoms with Crippen molar-refractivity contribution in [1.29, 1.82) is 0 Å². The Balaban J connectivity index is 2.07. The molecule has 2 heterocycles. The molecule has 114 valence electrons. The molecule has 1 aromatic carbocycles. The number of imidazole rings is 1. The van der Waals surface area contributed by atoms with Gasteiger partial charge >= 0.3 is 0 Å². The molecule has 0 bridgehead atoms. The molecule has 0 radical (unpaired) electrons. The molecule has 7 heteroatoms. The van der Waals surface area contributed by atoms with Crippen LogP contribution in [-0.2, 0) is 0 Å². The largest absolute Gasteiger partial charge is 0.393 e. The fraction of sp³-hybridized carbons (Fsp3) is 0.200. The van der Waals surface area contributed by atoms with Gasteiger partial charge in [0.2, 0.25) is 0 Å². The number of nitrogens with two attached hydrogens (primary N) is 3. The monoisotopic (exact) mass is 297 g/mol. The number of benzene rings is 1. The molecule has 22 heavy (non-hydrogen) atoms. The lowest BCUT2D eigenvalue weighted by Gasteiger charge is -2.07. The summed E-state index contributed by atoms with van der Waals surface area (Å²) < 4.78 is 1.44. The van der Waals surface area contributed by atoms with Crippen LogP contribution in [0, 0.1) is 0 Å². The predicted molar refractivity (Wildman–Crippen MR) is 88.3 cm³/mol. The third-order valence-corrected chi connectivity index (χ3v) is 3.50. The molecular formula is C15H19N7. The summed E-state index contributed by atoms with van der Waals surface area (Å²) in [6.45, 7) is 4.07. The molecular weight excluding hydrogens is 278 g/mol. The standard InChI is InChI=1S/C15H19N7/c1-8(2)11-7-12(16)22(21-11)14(18)13(17)15-19-9-5-3-4-6-10(9)20-15/h3-8H,16-18H2,1-2H3,(H,19,20)/b14-13-. The average Bonchev–Trinajstić information content (AvgIpc) is 3.09. The summed E-state index contributed by atoms with van der Waals surface area (Å²) in [5.41, 5.74) is 21.1. The van der Waals surface area contributed by atoms with Crippen LogP contribution in [0.1, 0.15) is 31.3 Å². The number of para-hydroxylation sites is 2. The number of aromatic nitrogens is 4. The Morgan fingerprint density at radius 1 is 1.23 bits per heavy atom. The fourth-order valence-electron chi connectivity index (χ4n) is 2.21. The SMILES string of the molecule is CC(C)c1cc(N)n(/C(N)=C(\N)c2nc3ccccc3[nH]2)n1. The summed E-state index contributed by atoms with van der Waals surface area (Å²) >= 11 is 0. The Morgan fingerprint density at radius 2 is 1.95 bits per heavy atom. The van der Waals surface area contributed by atoms with Crippen molar-refractivity contribution >= 4 is 28.4 Å². The zero-order chi connectivity index (χ0) is 15.9. The molecule has 0 spiro atoms. The number of nitrogens with zero attached hydrogens (tertiary/aromatic N) is 3. The van der Waals surface area contributed by atoms with Gasteiger partial charge in [0.15, 0.2) is 11.6 Å².